The number of quaternary nitrogens is 1. The maximum Gasteiger partial charge on any atom is 0.331 e. The Morgan fingerprint density at radius 3 is 3.24 bits per heavy atom. The Labute approximate surface area is 101 Å². The average Bonchev–Trinajstić information content (AvgIpc) is 2.79. The molecule has 0 aliphatic carbocycles. The van der Waals surface area contributed by atoms with Crippen molar-refractivity contribution in [3.05, 3.63) is 30.2 Å². The third-order valence-corrected chi connectivity index (χ3v) is 2.92. The van der Waals surface area contributed by atoms with E-state index in [0.29, 0.717) is 5.76 Å². The van der Waals surface area contributed by atoms with Crippen LogP contribution in [0.15, 0.2) is 28.9 Å². The summed E-state index contributed by atoms with van der Waals surface area (Å²) in [5.41, 5.74) is 0. The van der Waals surface area contributed by atoms with Crippen LogP contribution < -0.4 is 4.90 Å². The topological polar surface area (TPSA) is 43.9 Å². The first-order chi connectivity index (χ1) is 8.24. The Morgan fingerprint density at radius 2 is 2.53 bits per heavy atom. The van der Waals surface area contributed by atoms with Gasteiger partial charge in [-0.3, -0.25) is 0 Å². The molecule has 1 unspecified atom stereocenters. The van der Waals surface area contributed by atoms with Gasteiger partial charge in [0.25, 0.3) is 0 Å². The van der Waals surface area contributed by atoms with Crippen LogP contribution in [0.3, 0.4) is 0 Å². The van der Waals surface area contributed by atoms with E-state index in [1.165, 1.54) is 11.0 Å². The summed E-state index contributed by atoms with van der Waals surface area (Å²) in [4.78, 5) is 13.0. The molecule has 1 aliphatic heterocycles. The van der Waals surface area contributed by atoms with E-state index in [1.54, 1.807) is 24.5 Å². The van der Waals surface area contributed by atoms with Crippen LogP contribution in [0.25, 0.3) is 6.08 Å². The summed E-state index contributed by atoms with van der Waals surface area (Å²) in [6.45, 7) is 2.07. The highest BCUT2D eigenvalue weighted by molar-refractivity contribution is 5.86. The predicted molar refractivity (Wildman–Crippen MR) is 63.5 cm³/mol. The second kappa shape index (κ2) is 5.68. The van der Waals surface area contributed by atoms with Crippen LogP contribution in [0.1, 0.15) is 18.6 Å². The van der Waals surface area contributed by atoms with E-state index in [4.69, 9.17) is 9.15 Å². The lowest BCUT2D eigenvalue weighted by Crippen LogP contribution is -3.11. The monoisotopic (exact) mass is 236 g/mol. The Balaban J connectivity index is 1.80. The standard InChI is InChI=1S/C13H17NO3/c1-14-8-2-4-12(10-14)17-13(15)7-6-11-5-3-9-16-11/h3,5-7,9,12H,2,4,8,10H2,1H3/p+1/b7-6+/t12-/m0/s1. The van der Waals surface area contributed by atoms with Gasteiger partial charge in [-0.2, -0.15) is 0 Å². The first-order valence-corrected chi connectivity index (χ1v) is 5.97. The molecule has 0 radical (unpaired) electrons. The zero-order valence-electron chi connectivity index (χ0n) is 10.0. The van der Waals surface area contributed by atoms with Gasteiger partial charge in [-0.15, -0.1) is 0 Å². The van der Waals surface area contributed by atoms with E-state index < -0.39 is 0 Å². The molecule has 4 nitrogen and oxygen atoms in total. The fraction of sp³-hybridized carbons (Fsp3) is 0.462. The number of piperidine rings is 1. The van der Waals surface area contributed by atoms with Crippen molar-refractivity contribution in [3.8, 4) is 0 Å². The maximum absolute atomic E-state index is 11.6. The molecule has 2 heterocycles. The summed E-state index contributed by atoms with van der Waals surface area (Å²) in [7, 11) is 2.12. The fourth-order valence-electron chi connectivity index (χ4n) is 2.06. The van der Waals surface area contributed by atoms with E-state index in [0.717, 1.165) is 25.9 Å². The number of hydrogen-bond donors (Lipinski definition) is 1. The summed E-state index contributed by atoms with van der Waals surface area (Å²) in [5.74, 6) is 0.370. The third-order valence-electron chi connectivity index (χ3n) is 2.92. The van der Waals surface area contributed by atoms with Crippen LogP contribution in [0.5, 0.6) is 0 Å². The van der Waals surface area contributed by atoms with Crippen molar-refractivity contribution in [1.29, 1.82) is 0 Å². The number of rotatable bonds is 3. The van der Waals surface area contributed by atoms with Crippen molar-refractivity contribution in [3.63, 3.8) is 0 Å². The molecule has 1 aromatic rings. The van der Waals surface area contributed by atoms with Crippen LogP contribution in [-0.2, 0) is 9.53 Å². The fourth-order valence-corrected chi connectivity index (χ4v) is 2.06. The molecular weight excluding hydrogens is 218 g/mol. The Bertz CT molecular complexity index is 383. The summed E-state index contributed by atoms with van der Waals surface area (Å²) < 4.78 is 10.5. The Kier molecular flexibility index (Phi) is 3.98. The molecule has 0 spiro atoms. The molecule has 1 N–H and O–H groups in total. The van der Waals surface area contributed by atoms with Crippen molar-refractivity contribution in [2.75, 3.05) is 20.1 Å². The molecule has 0 amide bonds. The first kappa shape index (κ1) is 11.9. The molecule has 2 rings (SSSR count). The summed E-state index contributed by atoms with van der Waals surface area (Å²) >= 11 is 0. The first-order valence-electron chi connectivity index (χ1n) is 5.97. The number of carbonyl (C=O) groups excluding carboxylic acids is 1. The number of esters is 1. The molecule has 92 valence electrons. The highest BCUT2D eigenvalue weighted by atomic mass is 16.5. The van der Waals surface area contributed by atoms with Gasteiger partial charge in [0.1, 0.15) is 12.3 Å². The minimum absolute atomic E-state index is 0.0532. The van der Waals surface area contributed by atoms with Crippen LogP contribution in [0.4, 0.5) is 0 Å². The Morgan fingerprint density at radius 1 is 1.65 bits per heavy atom. The third kappa shape index (κ3) is 3.75. The van der Waals surface area contributed by atoms with Crippen molar-refractivity contribution < 1.29 is 18.8 Å². The Hall–Kier alpha value is -1.55. The zero-order chi connectivity index (χ0) is 12.1. The lowest BCUT2D eigenvalue weighted by Gasteiger charge is -2.26. The molecule has 0 saturated carbocycles. The normalized spacial score (nSPS) is 25.0. The number of likely N-dealkylation sites (N-methyl/N-ethyl adjacent to an activating group) is 1. The van der Waals surface area contributed by atoms with Gasteiger partial charge in [0.15, 0.2) is 6.10 Å². The highest BCUT2D eigenvalue weighted by Gasteiger charge is 2.22. The number of likely N-dealkylation sites (tertiary alicyclic amines) is 1. The number of nitrogens with one attached hydrogen (secondary N) is 1. The molecule has 2 atom stereocenters. The molecule has 1 aliphatic rings. The molecule has 1 fully saturated rings. The summed E-state index contributed by atoms with van der Waals surface area (Å²) in [5, 5.41) is 0. The number of furan rings is 1. The van der Waals surface area contributed by atoms with Crippen molar-refractivity contribution >= 4 is 12.0 Å². The van der Waals surface area contributed by atoms with E-state index >= 15 is 0 Å². The van der Waals surface area contributed by atoms with Crippen LogP contribution in [0, 0.1) is 0 Å². The number of ether oxygens (including phenoxy) is 1. The molecular formula is C13H18NO3+. The van der Waals surface area contributed by atoms with E-state index in [2.05, 4.69) is 7.05 Å². The van der Waals surface area contributed by atoms with Crippen molar-refractivity contribution in [2.24, 2.45) is 0 Å². The minimum atomic E-state index is -0.291. The molecule has 17 heavy (non-hydrogen) atoms. The van der Waals surface area contributed by atoms with E-state index in [9.17, 15) is 4.79 Å². The van der Waals surface area contributed by atoms with Crippen molar-refractivity contribution in [1.82, 2.24) is 0 Å². The van der Waals surface area contributed by atoms with E-state index in [1.807, 2.05) is 0 Å². The zero-order valence-corrected chi connectivity index (χ0v) is 10.0. The summed E-state index contributed by atoms with van der Waals surface area (Å²) in [6, 6.07) is 3.58. The lowest BCUT2D eigenvalue weighted by molar-refractivity contribution is -0.888. The lowest BCUT2D eigenvalue weighted by atomic mass is 10.1. The largest absolute Gasteiger partial charge is 0.465 e. The molecule has 1 saturated heterocycles. The average molecular weight is 236 g/mol. The smallest absolute Gasteiger partial charge is 0.331 e. The van der Waals surface area contributed by atoms with Gasteiger partial charge in [0, 0.05) is 12.5 Å². The maximum atomic E-state index is 11.6. The van der Waals surface area contributed by atoms with Crippen LogP contribution in [-0.4, -0.2) is 32.2 Å². The summed E-state index contributed by atoms with van der Waals surface area (Å²) in [6.07, 6.45) is 6.76. The van der Waals surface area contributed by atoms with Gasteiger partial charge in [-0.25, -0.2) is 4.79 Å². The highest BCUT2D eigenvalue weighted by Crippen LogP contribution is 2.06. The molecule has 4 heteroatoms. The number of carbonyl (C=O) groups is 1. The molecule has 0 aromatic carbocycles. The van der Waals surface area contributed by atoms with Crippen molar-refractivity contribution in [2.45, 2.75) is 18.9 Å². The second-order valence-electron chi connectivity index (χ2n) is 4.46. The van der Waals surface area contributed by atoms with Gasteiger partial charge in [-0.05, 0) is 24.6 Å². The molecule has 1 aromatic heterocycles. The molecule has 0 bridgehead atoms. The minimum Gasteiger partial charge on any atom is -0.465 e. The van der Waals surface area contributed by atoms with Gasteiger partial charge in [0.05, 0.1) is 19.9 Å². The predicted octanol–water partition coefficient (Wildman–Crippen LogP) is 0.513. The van der Waals surface area contributed by atoms with Crippen LogP contribution in [0.2, 0.25) is 0 Å². The van der Waals surface area contributed by atoms with Gasteiger partial charge >= 0.3 is 5.97 Å². The second-order valence-corrected chi connectivity index (χ2v) is 4.46. The van der Waals surface area contributed by atoms with Crippen LogP contribution >= 0.6 is 0 Å². The van der Waals surface area contributed by atoms with Gasteiger partial charge in [-0.1, -0.05) is 0 Å². The van der Waals surface area contributed by atoms with Gasteiger partial charge < -0.3 is 14.1 Å². The van der Waals surface area contributed by atoms with E-state index in [-0.39, 0.29) is 12.1 Å². The number of hydrogen-bond acceptors (Lipinski definition) is 3. The van der Waals surface area contributed by atoms with Gasteiger partial charge in [0.2, 0.25) is 0 Å². The SMILES string of the molecule is C[NH+]1CCC[C@H](OC(=O)/C=C/c2ccco2)C1. The quantitative estimate of drug-likeness (QED) is 0.614.